The number of ether oxygens (including phenoxy) is 2. The lowest BCUT2D eigenvalue weighted by molar-refractivity contribution is 0.338. The molecule has 17 heavy (non-hydrogen) atoms. The summed E-state index contributed by atoms with van der Waals surface area (Å²) in [6, 6.07) is 7.13. The van der Waals surface area contributed by atoms with Gasteiger partial charge >= 0.3 is 0 Å². The van der Waals surface area contributed by atoms with Gasteiger partial charge in [0.05, 0.1) is 19.3 Å². The molecule has 0 unspecified atom stereocenters. The molecule has 0 bridgehead atoms. The minimum atomic E-state index is 0.338. The van der Waals surface area contributed by atoms with E-state index in [1.54, 1.807) is 13.2 Å². The lowest BCUT2D eigenvalue weighted by Crippen LogP contribution is -1.94. The highest BCUT2D eigenvalue weighted by Gasteiger charge is 2.12. The van der Waals surface area contributed by atoms with Gasteiger partial charge in [-0.3, -0.25) is 0 Å². The highest BCUT2D eigenvalue weighted by Crippen LogP contribution is 2.34. The molecule has 5 heteroatoms. The second-order valence-corrected chi connectivity index (χ2v) is 3.41. The number of hydrogen-bond acceptors (Lipinski definition) is 5. The molecule has 0 amide bonds. The van der Waals surface area contributed by atoms with E-state index in [9.17, 15) is 0 Å². The lowest BCUT2D eigenvalue weighted by Gasteiger charge is -2.09. The van der Waals surface area contributed by atoms with E-state index in [-0.39, 0.29) is 0 Å². The third-order valence-corrected chi connectivity index (χ3v) is 2.28. The molecule has 0 fully saturated rings. The fourth-order valence-corrected chi connectivity index (χ4v) is 1.53. The second-order valence-electron chi connectivity index (χ2n) is 3.41. The third kappa shape index (κ3) is 2.33. The summed E-state index contributed by atoms with van der Waals surface area (Å²) in [5.41, 5.74) is 6.31. The van der Waals surface area contributed by atoms with Crippen molar-refractivity contribution in [2.45, 2.75) is 6.92 Å². The topological polar surface area (TPSA) is 70.5 Å². The maximum Gasteiger partial charge on any atom is 0.172 e. The summed E-state index contributed by atoms with van der Waals surface area (Å²) in [5.74, 6) is 2.33. The number of anilines is 1. The monoisotopic (exact) mass is 234 g/mol. The van der Waals surface area contributed by atoms with Gasteiger partial charge in [0.15, 0.2) is 11.6 Å². The molecule has 0 aliphatic rings. The van der Waals surface area contributed by atoms with E-state index in [0.29, 0.717) is 23.9 Å². The van der Waals surface area contributed by atoms with E-state index in [4.69, 9.17) is 19.7 Å². The van der Waals surface area contributed by atoms with Gasteiger partial charge in [-0.1, -0.05) is 5.16 Å². The Morgan fingerprint density at radius 2 is 2.18 bits per heavy atom. The van der Waals surface area contributed by atoms with Crippen LogP contribution in [0.1, 0.15) is 6.92 Å². The van der Waals surface area contributed by atoms with Crippen molar-refractivity contribution in [3.63, 3.8) is 0 Å². The molecule has 0 aliphatic carbocycles. The zero-order chi connectivity index (χ0) is 12.3. The van der Waals surface area contributed by atoms with Crippen LogP contribution in [-0.4, -0.2) is 18.9 Å². The average Bonchev–Trinajstić information content (AvgIpc) is 2.77. The van der Waals surface area contributed by atoms with Crippen molar-refractivity contribution in [3.8, 4) is 22.8 Å². The van der Waals surface area contributed by atoms with Gasteiger partial charge in [-0.25, -0.2) is 0 Å². The van der Waals surface area contributed by atoms with Crippen molar-refractivity contribution < 1.29 is 14.0 Å². The van der Waals surface area contributed by atoms with Crippen molar-refractivity contribution >= 4 is 5.82 Å². The summed E-state index contributed by atoms with van der Waals surface area (Å²) in [4.78, 5) is 0. The van der Waals surface area contributed by atoms with Crippen molar-refractivity contribution in [1.82, 2.24) is 5.16 Å². The van der Waals surface area contributed by atoms with Gasteiger partial charge < -0.3 is 19.7 Å². The summed E-state index contributed by atoms with van der Waals surface area (Å²) in [6.07, 6.45) is 0. The molecule has 90 valence electrons. The van der Waals surface area contributed by atoms with E-state index < -0.39 is 0 Å². The largest absolute Gasteiger partial charge is 0.497 e. The van der Waals surface area contributed by atoms with E-state index in [1.165, 1.54) is 0 Å². The van der Waals surface area contributed by atoms with Crippen LogP contribution >= 0.6 is 0 Å². The molecular formula is C12H14N2O3. The summed E-state index contributed by atoms with van der Waals surface area (Å²) in [6.45, 7) is 2.49. The summed E-state index contributed by atoms with van der Waals surface area (Å²) in [7, 11) is 1.61. The molecule has 0 saturated carbocycles. The highest BCUT2D eigenvalue weighted by molar-refractivity contribution is 5.69. The zero-order valence-electron chi connectivity index (χ0n) is 9.77. The first-order valence-corrected chi connectivity index (χ1v) is 5.28. The molecule has 2 rings (SSSR count). The molecule has 2 aromatic rings. The highest BCUT2D eigenvalue weighted by atomic mass is 16.5. The van der Waals surface area contributed by atoms with Gasteiger partial charge in [0, 0.05) is 6.07 Å². The van der Waals surface area contributed by atoms with Crippen LogP contribution in [0, 0.1) is 0 Å². The number of nitrogen functional groups attached to an aromatic ring is 1. The molecule has 2 N–H and O–H groups in total. The van der Waals surface area contributed by atoms with Crippen LogP contribution in [0.25, 0.3) is 11.3 Å². The Balaban J connectivity index is 2.48. The molecular weight excluding hydrogens is 220 g/mol. The first kappa shape index (κ1) is 11.3. The van der Waals surface area contributed by atoms with Crippen LogP contribution in [0.4, 0.5) is 5.82 Å². The fourth-order valence-electron chi connectivity index (χ4n) is 1.53. The van der Waals surface area contributed by atoms with E-state index in [0.717, 1.165) is 11.3 Å². The predicted molar refractivity (Wildman–Crippen MR) is 64.1 cm³/mol. The van der Waals surface area contributed by atoms with Gasteiger partial charge in [-0.05, 0) is 25.1 Å². The zero-order valence-corrected chi connectivity index (χ0v) is 9.77. The summed E-state index contributed by atoms with van der Waals surface area (Å²) >= 11 is 0. The van der Waals surface area contributed by atoms with Crippen molar-refractivity contribution in [1.29, 1.82) is 0 Å². The summed E-state index contributed by atoms with van der Waals surface area (Å²) < 4.78 is 15.8. The van der Waals surface area contributed by atoms with Crippen LogP contribution in [0.5, 0.6) is 11.5 Å². The van der Waals surface area contributed by atoms with Gasteiger partial charge in [0.25, 0.3) is 0 Å². The molecule has 0 saturated heterocycles. The average molecular weight is 234 g/mol. The lowest BCUT2D eigenvalue weighted by atomic mass is 10.1. The standard InChI is InChI=1S/C12H14N2O3/c1-3-16-10-5-4-8(15-2)6-9(10)11-7-12(13)14-17-11/h4-7H,3H2,1-2H3,(H2,13,14). The first-order chi connectivity index (χ1) is 8.24. The van der Waals surface area contributed by atoms with Gasteiger partial charge in [-0.15, -0.1) is 0 Å². The van der Waals surface area contributed by atoms with E-state index in [2.05, 4.69) is 5.16 Å². The normalized spacial score (nSPS) is 10.2. The molecule has 0 aliphatic heterocycles. The fraction of sp³-hybridized carbons (Fsp3) is 0.250. The third-order valence-electron chi connectivity index (χ3n) is 2.28. The van der Waals surface area contributed by atoms with E-state index in [1.807, 2.05) is 25.1 Å². The number of hydrogen-bond donors (Lipinski definition) is 1. The summed E-state index contributed by atoms with van der Waals surface area (Å²) in [5, 5.41) is 3.66. The first-order valence-electron chi connectivity index (χ1n) is 5.28. The Morgan fingerprint density at radius 1 is 1.35 bits per heavy atom. The van der Waals surface area contributed by atoms with Crippen LogP contribution in [0.3, 0.4) is 0 Å². The number of aromatic nitrogens is 1. The number of nitrogens with zero attached hydrogens (tertiary/aromatic N) is 1. The van der Waals surface area contributed by atoms with Crippen LogP contribution in [-0.2, 0) is 0 Å². The Morgan fingerprint density at radius 3 is 2.76 bits per heavy atom. The maximum absolute atomic E-state index is 5.53. The van der Waals surface area contributed by atoms with E-state index >= 15 is 0 Å². The molecule has 0 radical (unpaired) electrons. The van der Waals surface area contributed by atoms with Crippen molar-refractivity contribution in [2.24, 2.45) is 0 Å². The molecule has 5 nitrogen and oxygen atoms in total. The number of nitrogens with two attached hydrogens (primary N) is 1. The molecule has 1 aromatic heterocycles. The Kier molecular flexibility index (Phi) is 3.18. The SMILES string of the molecule is CCOc1ccc(OC)cc1-c1cc(N)no1. The Bertz CT molecular complexity index is 508. The van der Waals surface area contributed by atoms with Crippen molar-refractivity contribution in [3.05, 3.63) is 24.3 Å². The predicted octanol–water partition coefficient (Wildman–Crippen LogP) is 2.33. The minimum Gasteiger partial charge on any atom is -0.497 e. The molecule has 1 aromatic carbocycles. The van der Waals surface area contributed by atoms with Gasteiger partial charge in [-0.2, -0.15) is 0 Å². The van der Waals surface area contributed by atoms with Crippen LogP contribution < -0.4 is 15.2 Å². The molecule has 0 atom stereocenters. The Labute approximate surface area is 99.1 Å². The second kappa shape index (κ2) is 4.78. The molecule has 1 heterocycles. The maximum atomic E-state index is 5.53. The molecule has 0 spiro atoms. The van der Waals surface area contributed by atoms with Crippen LogP contribution in [0.2, 0.25) is 0 Å². The Hall–Kier alpha value is -2.17. The number of methoxy groups -OCH3 is 1. The number of rotatable bonds is 4. The number of benzene rings is 1. The smallest absolute Gasteiger partial charge is 0.172 e. The van der Waals surface area contributed by atoms with Crippen molar-refractivity contribution in [2.75, 3.05) is 19.5 Å². The van der Waals surface area contributed by atoms with Gasteiger partial charge in [0.1, 0.15) is 11.5 Å². The van der Waals surface area contributed by atoms with Crippen LogP contribution in [0.15, 0.2) is 28.8 Å². The minimum absolute atomic E-state index is 0.338. The quantitative estimate of drug-likeness (QED) is 0.879. The van der Waals surface area contributed by atoms with Gasteiger partial charge in [0.2, 0.25) is 0 Å².